The molecule has 0 aromatic heterocycles. The number of benzene rings is 1. The largest absolute Gasteiger partial charge is 0.331 e. The number of hydrogen-bond donors (Lipinski definition) is 0. The number of amides is 3. The maximum atomic E-state index is 11.9. The van der Waals surface area contributed by atoms with Gasteiger partial charge in [0.15, 0.2) is 0 Å². The van der Waals surface area contributed by atoms with E-state index in [9.17, 15) is 9.59 Å². The summed E-state index contributed by atoms with van der Waals surface area (Å²) in [5.41, 5.74) is 1.43. The summed E-state index contributed by atoms with van der Waals surface area (Å²) >= 11 is 6.00. The maximum absolute atomic E-state index is 11.9. The normalized spacial score (nSPS) is 20.4. The van der Waals surface area contributed by atoms with Crippen molar-refractivity contribution in [2.24, 2.45) is 0 Å². The lowest BCUT2D eigenvalue weighted by molar-refractivity contribution is -0.119. The van der Waals surface area contributed by atoms with Crippen LogP contribution in [0.25, 0.3) is 0 Å². The van der Waals surface area contributed by atoms with Crippen molar-refractivity contribution in [3.8, 4) is 0 Å². The van der Waals surface area contributed by atoms with Gasteiger partial charge in [-0.1, -0.05) is 17.7 Å². The van der Waals surface area contributed by atoms with Crippen molar-refractivity contribution in [2.45, 2.75) is 19.9 Å². The van der Waals surface area contributed by atoms with Crippen molar-refractivity contribution in [2.75, 3.05) is 11.9 Å². The van der Waals surface area contributed by atoms with E-state index in [1.165, 1.54) is 4.90 Å². The Morgan fingerprint density at radius 1 is 1.29 bits per heavy atom. The Morgan fingerprint density at radius 2 is 1.94 bits per heavy atom. The highest BCUT2D eigenvalue weighted by Crippen LogP contribution is 2.27. The molecule has 0 spiro atoms. The molecule has 1 aromatic carbocycles. The van der Waals surface area contributed by atoms with Gasteiger partial charge in [0.25, 0.3) is 5.91 Å². The van der Waals surface area contributed by atoms with Gasteiger partial charge in [-0.2, -0.15) is 0 Å². The highest BCUT2D eigenvalue weighted by Gasteiger charge is 2.41. The molecule has 1 heterocycles. The minimum absolute atomic E-state index is 0.225. The zero-order chi connectivity index (χ0) is 12.7. The van der Waals surface area contributed by atoms with Crippen molar-refractivity contribution in [1.82, 2.24) is 4.90 Å². The molecule has 1 atom stereocenters. The minimum atomic E-state index is -0.428. The number of likely N-dealkylation sites (N-methyl/N-ethyl adjacent to an activating group) is 1. The summed E-state index contributed by atoms with van der Waals surface area (Å²) in [6.07, 6.45) is 0. The molecule has 1 aliphatic heterocycles. The molecule has 0 radical (unpaired) electrons. The first-order valence-corrected chi connectivity index (χ1v) is 5.68. The smallest absolute Gasteiger partial charge is 0.315 e. The summed E-state index contributed by atoms with van der Waals surface area (Å²) in [6.45, 7) is 3.57. The number of anilines is 1. The van der Waals surface area contributed by atoms with E-state index >= 15 is 0 Å². The van der Waals surface area contributed by atoms with E-state index in [0.717, 1.165) is 10.5 Å². The topological polar surface area (TPSA) is 40.6 Å². The number of nitrogens with zero attached hydrogens (tertiary/aromatic N) is 2. The predicted molar refractivity (Wildman–Crippen MR) is 66.3 cm³/mol. The van der Waals surface area contributed by atoms with Crippen LogP contribution in [-0.4, -0.2) is 29.9 Å². The number of halogens is 1. The van der Waals surface area contributed by atoms with Gasteiger partial charge in [-0.25, -0.2) is 9.69 Å². The van der Waals surface area contributed by atoms with Crippen molar-refractivity contribution >= 4 is 29.2 Å². The molecule has 3 amide bonds. The molecule has 1 saturated heterocycles. The molecular weight excluding hydrogens is 240 g/mol. The zero-order valence-corrected chi connectivity index (χ0v) is 10.7. The van der Waals surface area contributed by atoms with E-state index in [2.05, 4.69) is 0 Å². The number of rotatable bonds is 1. The van der Waals surface area contributed by atoms with Gasteiger partial charge < -0.3 is 4.90 Å². The fraction of sp³-hybridized carbons (Fsp3) is 0.333. The standard InChI is InChI=1S/C12H13ClN2O2/c1-7-4-5-9(6-10(7)13)15-11(16)8(2)14(3)12(15)17/h4-6,8H,1-3H3. The molecule has 1 aromatic rings. The van der Waals surface area contributed by atoms with Crippen LogP contribution in [0.1, 0.15) is 12.5 Å². The summed E-state index contributed by atoms with van der Waals surface area (Å²) in [4.78, 5) is 26.4. The van der Waals surface area contributed by atoms with E-state index in [1.54, 1.807) is 32.2 Å². The number of imide groups is 1. The minimum Gasteiger partial charge on any atom is -0.315 e. The third-order valence-corrected chi connectivity index (χ3v) is 3.47. The van der Waals surface area contributed by atoms with E-state index in [1.807, 2.05) is 6.92 Å². The molecular formula is C12H13ClN2O2. The van der Waals surface area contributed by atoms with Crippen LogP contribution in [0.2, 0.25) is 5.02 Å². The van der Waals surface area contributed by atoms with Gasteiger partial charge in [-0.3, -0.25) is 4.79 Å². The molecule has 0 aliphatic carbocycles. The lowest BCUT2D eigenvalue weighted by atomic mass is 10.2. The van der Waals surface area contributed by atoms with Crippen LogP contribution in [0, 0.1) is 6.92 Å². The van der Waals surface area contributed by atoms with Crippen LogP contribution >= 0.6 is 11.6 Å². The summed E-state index contributed by atoms with van der Waals surface area (Å²) in [5, 5.41) is 0.547. The van der Waals surface area contributed by atoms with Gasteiger partial charge in [-0.15, -0.1) is 0 Å². The fourth-order valence-corrected chi connectivity index (χ4v) is 1.90. The van der Waals surface area contributed by atoms with Gasteiger partial charge in [0.1, 0.15) is 6.04 Å². The second kappa shape index (κ2) is 4.04. The van der Waals surface area contributed by atoms with E-state index in [0.29, 0.717) is 10.7 Å². The quantitative estimate of drug-likeness (QED) is 0.721. The lowest BCUT2D eigenvalue weighted by Gasteiger charge is -2.14. The molecule has 1 fully saturated rings. The monoisotopic (exact) mass is 252 g/mol. The van der Waals surface area contributed by atoms with Gasteiger partial charge in [0.2, 0.25) is 0 Å². The first kappa shape index (κ1) is 11.9. The summed E-state index contributed by atoms with van der Waals surface area (Å²) in [6, 6.07) is 4.41. The number of hydrogen-bond acceptors (Lipinski definition) is 2. The molecule has 5 heteroatoms. The predicted octanol–water partition coefficient (Wildman–Crippen LogP) is 2.44. The summed E-state index contributed by atoms with van der Waals surface area (Å²) in [7, 11) is 1.61. The number of carbonyl (C=O) groups excluding carboxylic acids is 2. The van der Waals surface area contributed by atoms with Crippen LogP contribution in [0.4, 0.5) is 10.5 Å². The molecule has 4 nitrogen and oxygen atoms in total. The summed E-state index contributed by atoms with van der Waals surface area (Å²) < 4.78 is 0. The molecule has 90 valence electrons. The van der Waals surface area contributed by atoms with Crippen molar-refractivity contribution in [3.05, 3.63) is 28.8 Å². The SMILES string of the molecule is Cc1ccc(N2C(=O)C(C)N(C)C2=O)cc1Cl. The first-order chi connectivity index (χ1) is 7.93. The third kappa shape index (κ3) is 1.78. The molecule has 1 aliphatic rings. The molecule has 0 saturated carbocycles. The Kier molecular flexibility index (Phi) is 2.83. The highest BCUT2D eigenvalue weighted by molar-refractivity contribution is 6.32. The molecule has 2 rings (SSSR count). The number of carbonyl (C=O) groups is 2. The second-order valence-electron chi connectivity index (χ2n) is 4.18. The fourth-order valence-electron chi connectivity index (χ4n) is 1.73. The van der Waals surface area contributed by atoms with Gasteiger partial charge in [0, 0.05) is 12.1 Å². The van der Waals surface area contributed by atoms with E-state index < -0.39 is 6.04 Å². The Morgan fingerprint density at radius 3 is 2.41 bits per heavy atom. The Labute approximate surface area is 105 Å². The van der Waals surface area contributed by atoms with Crippen LogP contribution in [0.3, 0.4) is 0 Å². The molecule has 0 bridgehead atoms. The van der Waals surface area contributed by atoms with Crippen LogP contribution < -0.4 is 4.90 Å². The Bertz CT molecular complexity index is 481. The van der Waals surface area contributed by atoms with Gasteiger partial charge in [0.05, 0.1) is 5.69 Å². The van der Waals surface area contributed by atoms with E-state index in [4.69, 9.17) is 11.6 Å². The van der Waals surface area contributed by atoms with Crippen molar-refractivity contribution in [1.29, 1.82) is 0 Å². The van der Waals surface area contributed by atoms with Crippen LogP contribution in [0.15, 0.2) is 18.2 Å². The zero-order valence-electron chi connectivity index (χ0n) is 9.90. The van der Waals surface area contributed by atoms with E-state index in [-0.39, 0.29) is 11.9 Å². The Hall–Kier alpha value is -1.55. The average Bonchev–Trinajstić information content (AvgIpc) is 2.48. The van der Waals surface area contributed by atoms with Gasteiger partial charge >= 0.3 is 6.03 Å². The summed E-state index contributed by atoms with van der Waals surface area (Å²) in [5.74, 6) is -0.225. The highest BCUT2D eigenvalue weighted by atomic mass is 35.5. The van der Waals surface area contributed by atoms with Crippen molar-refractivity contribution in [3.63, 3.8) is 0 Å². The average molecular weight is 253 g/mol. The Balaban J connectivity index is 2.43. The van der Waals surface area contributed by atoms with Crippen molar-refractivity contribution < 1.29 is 9.59 Å². The maximum Gasteiger partial charge on any atom is 0.331 e. The lowest BCUT2D eigenvalue weighted by Crippen LogP contribution is -2.31. The first-order valence-electron chi connectivity index (χ1n) is 5.30. The number of urea groups is 1. The number of aryl methyl sites for hydroxylation is 1. The van der Waals surface area contributed by atoms with Gasteiger partial charge in [-0.05, 0) is 31.5 Å². The molecule has 17 heavy (non-hydrogen) atoms. The molecule has 1 unspecified atom stereocenters. The second-order valence-corrected chi connectivity index (χ2v) is 4.58. The molecule has 0 N–H and O–H groups in total. The van der Waals surface area contributed by atoms with Crippen LogP contribution in [0.5, 0.6) is 0 Å². The third-order valence-electron chi connectivity index (χ3n) is 3.07. The van der Waals surface area contributed by atoms with Crippen LogP contribution in [-0.2, 0) is 4.79 Å².